The highest BCUT2D eigenvalue weighted by atomic mass is 32.2. The fourth-order valence-corrected chi connectivity index (χ4v) is 4.64. The SMILES string of the molecule is CC(C)(C)c1ccc(S(=O)(=O)NC(CO)C(=O)N2CCc3ccccc3C2)cc1. The van der Waals surface area contributed by atoms with Crippen molar-refractivity contribution in [2.24, 2.45) is 0 Å². The molecule has 29 heavy (non-hydrogen) atoms. The minimum absolute atomic E-state index is 0.0701. The van der Waals surface area contributed by atoms with Crippen molar-refractivity contribution >= 4 is 15.9 Å². The second kappa shape index (κ2) is 8.26. The summed E-state index contributed by atoms with van der Waals surface area (Å²) in [7, 11) is -3.94. The van der Waals surface area contributed by atoms with Gasteiger partial charge in [0, 0.05) is 13.1 Å². The smallest absolute Gasteiger partial charge is 0.243 e. The van der Waals surface area contributed by atoms with Crippen molar-refractivity contribution in [1.29, 1.82) is 0 Å². The predicted octanol–water partition coefficient (Wildman–Crippen LogP) is 2.21. The molecule has 6 nitrogen and oxygen atoms in total. The predicted molar refractivity (Wildman–Crippen MR) is 112 cm³/mol. The molecule has 0 saturated heterocycles. The lowest BCUT2D eigenvalue weighted by Crippen LogP contribution is -2.51. The maximum atomic E-state index is 12.9. The summed E-state index contributed by atoms with van der Waals surface area (Å²) in [5.41, 5.74) is 3.16. The molecule has 156 valence electrons. The summed E-state index contributed by atoms with van der Waals surface area (Å²) in [6, 6.07) is 13.3. The Bertz CT molecular complexity index is 979. The van der Waals surface area contributed by atoms with Crippen LogP contribution in [-0.4, -0.2) is 43.5 Å². The Morgan fingerprint density at radius 2 is 1.72 bits per heavy atom. The van der Waals surface area contributed by atoms with Gasteiger partial charge in [-0.3, -0.25) is 4.79 Å². The number of amides is 1. The number of rotatable bonds is 5. The molecule has 1 aliphatic heterocycles. The highest BCUT2D eigenvalue weighted by molar-refractivity contribution is 7.89. The Labute approximate surface area is 172 Å². The molecule has 2 aromatic rings. The molecule has 0 radical (unpaired) electrons. The zero-order chi connectivity index (χ0) is 21.2. The number of fused-ring (bicyclic) bond motifs is 1. The van der Waals surface area contributed by atoms with Gasteiger partial charge in [0.2, 0.25) is 15.9 Å². The number of aliphatic hydroxyl groups excluding tert-OH is 1. The summed E-state index contributed by atoms with van der Waals surface area (Å²) in [4.78, 5) is 14.5. The number of nitrogens with zero attached hydrogens (tertiary/aromatic N) is 1. The topological polar surface area (TPSA) is 86.7 Å². The molecule has 1 amide bonds. The lowest BCUT2D eigenvalue weighted by molar-refractivity contribution is -0.134. The van der Waals surface area contributed by atoms with Gasteiger partial charge in [0.15, 0.2) is 0 Å². The normalized spacial score (nSPS) is 15.7. The molecule has 0 bridgehead atoms. The Hall–Kier alpha value is -2.22. The van der Waals surface area contributed by atoms with Crippen LogP contribution in [0, 0.1) is 0 Å². The molecule has 0 spiro atoms. The first-order chi connectivity index (χ1) is 13.6. The number of nitrogens with one attached hydrogen (secondary N) is 1. The third-order valence-electron chi connectivity index (χ3n) is 5.25. The number of sulfonamides is 1. The van der Waals surface area contributed by atoms with E-state index in [0.29, 0.717) is 19.5 Å². The van der Waals surface area contributed by atoms with E-state index in [-0.39, 0.29) is 10.3 Å². The van der Waals surface area contributed by atoms with E-state index in [9.17, 15) is 18.3 Å². The van der Waals surface area contributed by atoms with E-state index in [4.69, 9.17) is 0 Å². The summed E-state index contributed by atoms with van der Waals surface area (Å²) in [5, 5.41) is 9.71. The van der Waals surface area contributed by atoms with Crippen LogP contribution in [0.2, 0.25) is 0 Å². The summed E-state index contributed by atoms with van der Waals surface area (Å²) in [6.07, 6.45) is 0.709. The molecule has 1 heterocycles. The Kier molecular flexibility index (Phi) is 6.12. The lowest BCUT2D eigenvalue weighted by atomic mass is 9.87. The standard InChI is InChI=1S/C22H28N2O4S/c1-22(2,3)18-8-10-19(11-9-18)29(27,28)23-20(15-25)21(26)24-13-12-16-6-4-5-7-17(16)14-24/h4-11,20,23,25H,12-15H2,1-3H3. The number of carbonyl (C=O) groups is 1. The van der Waals surface area contributed by atoms with E-state index in [1.165, 1.54) is 17.7 Å². The van der Waals surface area contributed by atoms with Gasteiger partial charge >= 0.3 is 0 Å². The average molecular weight is 417 g/mol. The van der Waals surface area contributed by atoms with E-state index in [2.05, 4.69) is 4.72 Å². The van der Waals surface area contributed by atoms with Gasteiger partial charge in [-0.25, -0.2) is 8.42 Å². The molecule has 0 saturated carbocycles. The molecular weight excluding hydrogens is 388 g/mol. The minimum atomic E-state index is -3.94. The van der Waals surface area contributed by atoms with Crippen molar-refractivity contribution in [1.82, 2.24) is 9.62 Å². The van der Waals surface area contributed by atoms with Gasteiger partial charge in [-0.1, -0.05) is 57.2 Å². The van der Waals surface area contributed by atoms with Gasteiger partial charge in [-0.2, -0.15) is 4.72 Å². The number of hydrogen-bond acceptors (Lipinski definition) is 4. The molecular formula is C22H28N2O4S. The van der Waals surface area contributed by atoms with E-state index in [1.54, 1.807) is 17.0 Å². The lowest BCUT2D eigenvalue weighted by Gasteiger charge is -2.31. The third-order valence-corrected chi connectivity index (χ3v) is 6.74. The maximum absolute atomic E-state index is 12.9. The zero-order valence-electron chi connectivity index (χ0n) is 17.1. The van der Waals surface area contributed by atoms with Crippen molar-refractivity contribution in [2.45, 2.75) is 50.1 Å². The molecule has 7 heteroatoms. The summed E-state index contributed by atoms with van der Waals surface area (Å²) < 4.78 is 27.9. The van der Waals surface area contributed by atoms with E-state index in [0.717, 1.165) is 11.1 Å². The second-order valence-corrected chi connectivity index (χ2v) is 10.1. The fraction of sp³-hybridized carbons (Fsp3) is 0.409. The number of hydrogen-bond donors (Lipinski definition) is 2. The first-order valence-electron chi connectivity index (χ1n) is 9.71. The Morgan fingerprint density at radius 1 is 1.10 bits per heavy atom. The third kappa shape index (κ3) is 4.86. The Balaban J connectivity index is 1.74. The monoisotopic (exact) mass is 416 g/mol. The molecule has 2 N–H and O–H groups in total. The largest absolute Gasteiger partial charge is 0.394 e. The molecule has 0 aliphatic carbocycles. The van der Waals surface area contributed by atoms with Crippen LogP contribution < -0.4 is 4.72 Å². The second-order valence-electron chi connectivity index (χ2n) is 8.41. The van der Waals surface area contributed by atoms with Gasteiger partial charge in [0.05, 0.1) is 11.5 Å². The van der Waals surface area contributed by atoms with Gasteiger partial charge in [0.25, 0.3) is 0 Å². The van der Waals surface area contributed by atoms with Crippen molar-refractivity contribution in [2.75, 3.05) is 13.2 Å². The summed E-state index contributed by atoms with van der Waals surface area (Å²) in [5.74, 6) is -0.420. The van der Waals surface area contributed by atoms with Crippen LogP contribution in [0.15, 0.2) is 53.4 Å². The van der Waals surface area contributed by atoms with Crippen LogP contribution in [0.3, 0.4) is 0 Å². The van der Waals surface area contributed by atoms with E-state index < -0.39 is 28.6 Å². The molecule has 0 fully saturated rings. The summed E-state index contributed by atoms with van der Waals surface area (Å²) >= 11 is 0. The Morgan fingerprint density at radius 3 is 2.31 bits per heavy atom. The quantitative estimate of drug-likeness (QED) is 0.782. The van der Waals surface area contributed by atoms with Crippen LogP contribution in [0.25, 0.3) is 0 Å². The van der Waals surface area contributed by atoms with Crippen molar-refractivity contribution in [3.8, 4) is 0 Å². The summed E-state index contributed by atoms with van der Waals surface area (Å²) in [6.45, 7) is 6.45. The van der Waals surface area contributed by atoms with Gasteiger partial charge in [-0.05, 0) is 40.7 Å². The molecule has 0 aromatic heterocycles. The van der Waals surface area contributed by atoms with Crippen LogP contribution in [0.5, 0.6) is 0 Å². The maximum Gasteiger partial charge on any atom is 0.243 e. The number of benzene rings is 2. The van der Waals surface area contributed by atoms with Crippen molar-refractivity contribution in [3.63, 3.8) is 0 Å². The minimum Gasteiger partial charge on any atom is -0.394 e. The first-order valence-corrected chi connectivity index (χ1v) is 11.2. The highest BCUT2D eigenvalue weighted by Crippen LogP contribution is 2.24. The van der Waals surface area contributed by atoms with Crippen molar-refractivity contribution < 1.29 is 18.3 Å². The van der Waals surface area contributed by atoms with Crippen LogP contribution >= 0.6 is 0 Å². The first kappa shape index (κ1) is 21.5. The molecule has 1 aliphatic rings. The van der Waals surface area contributed by atoms with Gasteiger partial charge in [-0.15, -0.1) is 0 Å². The van der Waals surface area contributed by atoms with Crippen LogP contribution in [0.4, 0.5) is 0 Å². The fourth-order valence-electron chi connectivity index (χ4n) is 3.46. The number of carbonyl (C=O) groups excluding carboxylic acids is 1. The van der Waals surface area contributed by atoms with Crippen molar-refractivity contribution in [3.05, 3.63) is 65.2 Å². The zero-order valence-corrected chi connectivity index (χ0v) is 17.9. The van der Waals surface area contributed by atoms with Crippen LogP contribution in [-0.2, 0) is 33.2 Å². The molecule has 3 rings (SSSR count). The molecule has 2 aromatic carbocycles. The number of aliphatic hydroxyl groups is 1. The average Bonchev–Trinajstić information content (AvgIpc) is 2.70. The van der Waals surface area contributed by atoms with Gasteiger partial charge < -0.3 is 10.0 Å². The van der Waals surface area contributed by atoms with E-state index >= 15 is 0 Å². The van der Waals surface area contributed by atoms with Gasteiger partial charge in [0.1, 0.15) is 6.04 Å². The molecule has 1 unspecified atom stereocenters. The molecule has 1 atom stereocenters. The van der Waals surface area contributed by atoms with E-state index in [1.807, 2.05) is 45.0 Å². The highest BCUT2D eigenvalue weighted by Gasteiger charge is 2.30. The van der Waals surface area contributed by atoms with Crippen LogP contribution in [0.1, 0.15) is 37.5 Å².